The lowest BCUT2D eigenvalue weighted by Crippen LogP contribution is -2.62. The third-order valence-corrected chi connectivity index (χ3v) is 6.44. The first-order valence-electron chi connectivity index (χ1n) is 11.0. The lowest BCUT2D eigenvalue weighted by molar-refractivity contribution is -0.130. The van der Waals surface area contributed by atoms with Gasteiger partial charge in [-0.2, -0.15) is 0 Å². The highest BCUT2D eigenvalue weighted by atomic mass is 16.2. The van der Waals surface area contributed by atoms with Crippen molar-refractivity contribution in [3.63, 3.8) is 0 Å². The van der Waals surface area contributed by atoms with Gasteiger partial charge in [0.25, 0.3) is 0 Å². The number of hydrogen-bond acceptors (Lipinski definition) is 3. The fraction of sp³-hybridized carbons (Fsp3) is 0.360. The zero-order valence-corrected chi connectivity index (χ0v) is 17.1. The van der Waals surface area contributed by atoms with E-state index >= 15 is 0 Å². The maximum Gasteiger partial charge on any atom is 0.225 e. The van der Waals surface area contributed by atoms with Gasteiger partial charge in [-0.05, 0) is 36.0 Å². The van der Waals surface area contributed by atoms with Crippen molar-refractivity contribution >= 4 is 5.91 Å². The van der Waals surface area contributed by atoms with E-state index in [0.29, 0.717) is 6.04 Å². The topological polar surface area (TPSA) is 69.8 Å². The summed E-state index contributed by atoms with van der Waals surface area (Å²) in [6, 6.07) is 19.3. The molecule has 1 saturated carbocycles. The molecule has 2 fully saturated rings. The second kappa shape index (κ2) is 8.44. The number of H-pyrrole nitrogens is 1. The molecule has 154 valence electrons. The number of amides is 1. The molecule has 5 rings (SSSR count). The Labute approximate surface area is 177 Å². The van der Waals surface area contributed by atoms with Crippen molar-refractivity contribution in [1.29, 1.82) is 0 Å². The number of rotatable bonds is 5. The van der Waals surface area contributed by atoms with E-state index in [0.717, 1.165) is 42.8 Å². The van der Waals surface area contributed by atoms with Crippen LogP contribution in [0.1, 0.15) is 37.9 Å². The third-order valence-electron chi connectivity index (χ3n) is 6.44. The van der Waals surface area contributed by atoms with Gasteiger partial charge in [0.1, 0.15) is 5.82 Å². The van der Waals surface area contributed by atoms with Crippen LogP contribution in [-0.2, 0) is 11.2 Å². The van der Waals surface area contributed by atoms with Crippen LogP contribution in [0.15, 0.2) is 60.8 Å². The van der Waals surface area contributed by atoms with E-state index in [4.69, 9.17) is 0 Å². The second-order valence-corrected chi connectivity index (χ2v) is 8.45. The molecule has 1 aliphatic carbocycles. The smallest absolute Gasteiger partial charge is 0.225 e. The minimum Gasteiger partial charge on any atom is -0.342 e. The predicted octanol–water partition coefficient (Wildman–Crippen LogP) is 4.28. The summed E-state index contributed by atoms with van der Waals surface area (Å²) < 4.78 is 0. The average molecular weight is 401 g/mol. The number of imidazole rings is 1. The predicted molar refractivity (Wildman–Crippen MR) is 119 cm³/mol. The summed E-state index contributed by atoms with van der Waals surface area (Å²) in [6.45, 7) is 0. The number of aryl methyl sites for hydroxylation is 1. The number of aromatic nitrogens is 2. The van der Waals surface area contributed by atoms with E-state index in [-0.39, 0.29) is 18.0 Å². The van der Waals surface area contributed by atoms with Crippen LogP contribution in [0, 0.1) is 5.92 Å². The van der Waals surface area contributed by atoms with E-state index < -0.39 is 0 Å². The Morgan fingerprint density at radius 1 is 0.900 bits per heavy atom. The highest BCUT2D eigenvalue weighted by Gasteiger charge is 2.37. The average Bonchev–Trinajstić information content (AvgIpc) is 3.28. The molecule has 1 amide bonds. The highest BCUT2D eigenvalue weighted by Crippen LogP contribution is 2.28. The molecule has 5 heteroatoms. The molecule has 1 aromatic heterocycles. The van der Waals surface area contributed by atoms with Crippen LogP contribution in [-0.4, -0.2) is 28.1 Å². The summed E-state index contributed by atoms with van der Waals surface area (Å²) in [7, 11) is 0. The van der Waals surface area contributed by atoms with Crippen LogP contribution in [0.5, 0.6) is 0 Å². The largest absolute Gasteiger partial charge is 0.342 e. The maximum absolute atomic E-state index is 12.4. The molecule has 1 aliphatic heterocycles. The molecule has 5 nitrogen and oxygen atoms in total. The number of aromatic amines is 1. The summed E-state index contributed by atoms with van der Waals surface area (Å²) in [5, 5.41) is 6.80. The van der Waals surface area contributed by atoms with Gasteiger partial charge in [-0.3, -0.25) is 10.1 Å². The van der Waals surface area contributed by atoms with Crippen LogP contribution in [0.4, 0.5) is 0 Å². The number of carbonyl (C=O) groups excluding carboxylic acids is 1. The van der Waals surface area contributed by atoms with Gasteiger partial charge in [0, 0.05) is 12.5 Å². The van der Waals surface area contributed by atoms with Crippen LogP contribution in [0.3, 0.4) is 0 Å². The fourth-order valence-corrected chi connectivity index (χ4v) is 4.77. The highest BCUT2D eigenvalue weighted by molar-refractivity contribution is 5.80. The van der Waals surface area contributed by atoms with Crippen molar-refractivity contribution in [2.45, 2.75) is 50.7 Å². The van der Waals surface area contributed by atoms with E-state index in [1.54, 1.807) is 0 Å². The first-order chi connectivity index (χ1) is 14.8. The van der Waals surface area contributed by atoms with E-state index in [1.807, 2.05) is 12.3 Å². The quantitative estimate of drug-likeness (QED) is 0.599. The Hall–Kier alpha value is -2.92. The van der Waals surface area contributed by atoms with Gasteiger partial charge in [0.15, 0.2) is 0 Å². The van der Waals surface area contributed by atoms with Crippen molar-refractivity contribution in [2.24, 2.45) is 5.92 Å². The number of nitrogens with zero attached hydrogens (tertiary/aromatic N) is 1. The summed E-state index contributed by atoms with van der Waals surface area (Å²) in [5.74, 6) is 1.34. The third kappa shape index (κ3) is 4.03. The number of hydrogen-bond donors (Lipinski definition) is 3. The normalized spacial score (nSPS) is 23.6. The molecular formula is C25H28N4O. The Bertz CT molecular complexity index is 996. The summed E-state index contributed by atoms with van der Waals surface area (Å²) in [5.41, 5.74) is 4.58. The number of fused-ring (bicyclic) bond motifs is 1. The zero-order valence-electron chi connectivity index (χ0n) is 17.1. The Morgan fingerprint density at radius 2 is 1.63 bits per heavy atom. The molecule has 2 aliphatic rings. The number of nitrogens with one attached hydrogen (secondary N) is 3. The fourth-order valence-electron chi connectivity index (χ4n) is 4.77. The molecule has 2 heterocycles. The van der Waals surface area contributed by atoms with Gasteiger partial charge in [-0.1, -0.05) is 67.4 Å². The molecular weight excluding hydrogens is 372 g/mol. The molecule has 1 saturated heterocycles. The van der Waals surface area contributed by atoms with Crippen molar-refractivity contribution in [2.75, 3.05) is 0 Å². The van der Waals surface area contributed by atoms with Gasteiger partial charge < -0.3 is 10.3 Å². The van der Waals surface area contributed by atoms with Gasteiger partial charge in [-0.25, -0.2) is 4.98 Å². The maximum atomic E-state index is 12.4. The lowest BCUT2D eigenvalue weighted by atomic mass is 9.82. The molecule has 2 aromatic carbocycles. The molecule has 3 aromatic rings. The van der Waals surface area contributed by atoms with Crippen molar-refractivity contribution in [1.82, 2.24) is 20.6 Å². The number of benzene rings is 2. The minimum absolute atomic E-state index is 0.0376. The van der Waals surface area contributed by atoms with Crippen LogP contribution in [0.2, 0.25) is 0 Å². The van der Waals surface area contributed by atoms with Gasteiger partial charge in [0.05, 0.1) is 24.0 Å². The summed E-state index contributed by atoms with van der Waals surface area (Å²) in [6.07, 6.45) is 8.10. The first-order valence-corrected chi connectivity index (χ1v) is 11.0. The molecule has 3 unspecified atom stereocenters. The standard InChI is InChI=1S/C25H28N4O/c30-25-20-8-4-5-9-21(20)27-24(29-25)15-14-23-26-16-22(28-23)19-12-10-18(11-13-19)17-6-2-1-3-7-17/h1-3,6-7,10-13,16,20-21,24,27H,4-5,8-9,14-15H2,(H,26,28)(H,29,30). The molecule has 30 heavy (non-hydrogen) atoms. The summed E-state index contributed by atoms with van der Waals surface area (Å²) in [4.78, 5) is 20.4. The van der Waals surface area contributed by atoms with Gasteiger partial charge >= 0.3 is 0 Å². The first kappa shape index (κ1) is 19.1. The van der Waals surface area contributed by atoms with E-state index in [2.05, 4.69) is 69.1 Å². The van der Waals surface area contributed by atoms with Crippen LogP contribution < -0.4 is 10.6 Å². The molecule has 0 spiro atoms. The number of carbonyl (C=O) groups is 1. The SMILES string of the molecule is O=C1NC(CCc2ncc(-c3ccc(-c4ccccc4)cc3)[nH]2)NC2CCCCC12. The van der Waals surface area contributed by atoms with Crippen LogP contribution >= 0.6 is 0 Å². The van der Waals surface area contributed by atoms with E-state index in [1.165, 1.54) is 24.0 Å². The Balaban J connectivity index is 1.20. The monoisotopic (exact) mass is 400 g/mol. The van der Waals surface area contributed by atoms with Gasteiger partial charge in [-0.15, -0.1) is 0 Å². The van der Waals surface area contributed by atoms with E-state index in [9.17, 15) is 4.79 Å². The van der Waals surface area contributed by atoms with Crippen molar-refractivity contribution in [3.8, 4) is 22.4 Å². The lowest BCUT2D eigenvalue weighted by Gasteiger charge is -2.40. The second-order valence-electron chi connectivity index (χ2n) is 8.45. The molecule has 0 bridgehead atoms. The Kier molecular flexibility index (Phi) is 5.37. The van der Waals surface area contributed by atoms with Crippen molar-refractivity contribution < 1.29 is 4.79 Å². The molecule has 0 radical (unpaired) electrons. The Morgan fingerprint density at radius 3 is 2.47 bits per heavy atom. The van der Waals surface area contributed by atoms with Gasteiger partial charge in [0.2, 0.25) is 5.91 Å². The van der Waals surface area contributed by atoms with Crippen LogP contribution in [0.25, 0.3) is 22.4 Å². The molecule has 3 N–H and O–H groups in total. The van der Waals surface area contributed by atoms with Crippen molar-refractivity contribution in [3.05, 3.63) is 66.6 Å². The minimum atomic E-state index is 0.0376. The summed E-state index contributed by atoms with van der Waals surface area (Å²) >= 11 is 0. The zero-order chi connectivity index (χ0) is 20.3. The molecule has 3 atom stereocenters.